The summed E-state index contributed by atoms with van der Waals surface area (Å²) < 4.78 is 1.09. The zero-order valence-corrected chi connectivity index (χ0v) is 15.3. The molecule has 1 aromatic carbocycles. The van der Waals surface area contributed by atoms with Gasteiger partial charge >= 0.3 is 0 Å². The monoisotopic (exact) mass is 353 g/mol. The molecule has 1 saturated heterocycles. The number of rotatable bonds is 2. The van der Waals surface area contributed by atoms with Crippen LogP contribution in [0.1, 0.15) is 58.6 Å². The lowest BCUT2D eigenvalue weighted by atomic mass is 9.77. The lowest BCUT2D eigenvalue weighted by Crippen LogP contribution is -2.26. The number of hydrogen-bond acceptors (Lipinski definition) is 2. The van der Waals surface area contributed by atoms with Gasteiger partial charge in [0.25, 0.3) is 0 Å². The summed E-state index contributed by atoms with van der Waals surface area (Å²) in [5.74, 6) is 0.804. The first-order valence-electron chi connectivity index (χ1n) is 8.01. The van der Waals surface area contributed by atoms with Crippen molar-refractivity contribution < 1.29 is 5.11 Å². The van der Waals surface area contributed by atoms with Crippen molar-refractivity contribution in [1.82, 2.24) is 0 Å². The molecule has 1 aromatic rings. The highest BCUT2D eigenvalue weighted by Gasteiger charge is 2.27. The first-order valence-corrected chi connectivity index (χ1v) is 8.81. The second kappa shape index (κ2) is 6.70. The van der Waals surface area contributed by atoms with Gasteiger partial charge in [0.15, 0.2) is 0 Å². The zero-order chi connectivity index (χ0) is 15.6. The lowest BCUT2D eigenvalue weighted by Gasteiger charge is -2.30. The maximum atomic E-state index is 9.68. The van der Waals surface area contributed by atoms with E-state index < -0.39 is 6.10 Å². The third kappa shape index (κ3) is 4.23. The first-order chi connectivity index (χ1) is 9.79. The molecule has 1 N–H and O–H groups in total. The third-order valence-corrected chi connectivity index (χ3v) is 5.38. The summed E-state index contributed by atoms with van der Waals surface area (Å²) in [5.41, 5.74) is 2.63. The summed E-state index contributed by atoms with van der Waals surface area (Å²) in [7, 11) is 0. The molecule has 1 aliphatic rings. The highest BCUT2D eigenvalue weighted by molar-refractivity contribution is 9.10. The van der Waals surface area contributed by atoms with Crippen molar-refractivity contribution in [1.29, 1.82) is 0 Å². The van der Waals surface area contributed by atoms with Crippen molar-refractivity contribution >= 4 is 21.6 Å². The van der Waals surface area contributed by atoms with E-state index in [1.165, 1.54) is 24.9 Å². The molecule has 0 radical (unpaired) electrons. The third-order valence-electron chi connectivity index (χ3n) is 4.75. The summed E-state index contributed by atoms with van der Waals surface area (Å²) in [6.07, 6.45) is 3.43. The number of hydrogen-bond donors (Lipinski definition) is 1. The molecule has 0 aromatic heterocycles. The van der Waals surface area contributed by atoms with Gasteiger partial charge in [-0.2, -0.15) is 0 Å². The molecule has 2 atom stereocenters. The van der Waals surface area contributed by atoms with Crippen LogP contribution in [0, 0.1) is 11.3 Å². The average Bonchev–Trinajstić information content (AvgIpc) is 2.63. The van der Waals surface area contributed by atoms with Gasteiger partial charge in [0.2, 0.25) is 0 Å². The molecule has 1 fully saturated rings. The SMILES string of the molecule is CC(O)c1ccc(N2CCCC(C(C)(C)C)CC2)c(Br)c1. The predicted octanol–water partition coefficient (Wildman–Crippen LogP) is 5.16. The molecule has 0 amide bonds. The Morgan fingerprint density at radius 2 is 1.95 bits per heavy atom. The summed E-state index contributed by atoms with van der Waals surface area (Å²) in [6.45, 7) is 11.1. The summed E-state index contributed by atoms with van der Waals surface area (Å²) in [5, 5.41) is 9.68. The van der Waals surface area contributed by atoms with E-state index in [1.807, 2.05) is 12.1 Å². The van der Waals surface area contributed by atoms with Gasteiger partial charge in [-0.3, -0.25) is 0 Å². The molecule has 2 rings (SSSR count). The lowest BCUT2D eigenvalue weighted by molar-refractivity contribution is 0.199. The normalized spacial score (nSPS) is 22.0. The van der Waals surface area contributed by atoms with Crippen molar-refractivity contribution in [2.45, 2.75) is 53.1 Å². The van der Waals surface area contributed by atoms with E-state index in [4.69, 9.17) is 0 Å². The van der Waals surface area contributed by atoms with E-state index in [9.17, 15) is 5.11 Å². The Kier molecular flexibility index (Phi) is 5.37. The van der Waals surface area contributed by atoms with Gasteiger partial charge in [0.1, 0.15) is 0 Å². The van der Waals surface area contributed by atoms with E-state index in [-0.39, 0.29) is 0 Å². The van der Waals surface area contributed by atoms with Crippen LogP contribution in [-0.4, -0.2) is 18.2 Å². The molecule has 0 aliphatic carbocycles. The fourth-order valence-electron chi connectivity index (χ4n) is 3.24. The van der Waals surface area contributed by atoms with Gasteiger partial charge < -0.3 is 10.0 Å². The topological polar surface area (TPSA) is 23.5 Å². The molecule has 2 unspecified atom stereocenters. The van der Waals surface area contributed by atoms with Crippen LogP contribution in [0.4, 0.5) is 5.69 Å². The Morgan fingerprint density at radius 3 is 2.52 bits per heavy atom. The fourth-order valence-corrected chi connectivity index (χ4v) is 3.89. The van der Waals surface area contributed by atoms with E-state index >= 15 is 0 Å². The Labute approximate surface area is 137 Å². The summed E-state index contributed by atoms with van der Waals surface area (Å²) in [4.78, 5) is 2.49. The zero-order valence-electron chi connectivity index (χ0n) is 13.7. The Bertz CT molecular complexity index is 479. The molecule has 0 saturated carbocycles. The minimum atomic E-state index is -0.412. The standard InChI is InChI=1S/C18H28BrNO/c1-13(21)14-7-8-17(16(19)12-14)20-10-5-6-15(9-11-20)18(2,3)4/h7-8,12-13,15,21H,5-6,9-11H2,1-4H3. The van der Waals surface area contributed by atoms with Crippen LogP contribution >= 0.6 is 15.9 Å². The maximum absolute atomic E-state index is 9.68. The van der Waals surface area contributed by atoms with Crippen LogP contribution in [0.2, 0.25) is 0 Å². The number of anilines is 1. The average molecular weight is 354 g/mol. The molecule has 21 heavy (non-hydrogen) atoms. The van der Waals surface area contributed by atoms with E-state index in [1.54, 1.807) is 6.92 Å². The second-order valence-electron chi connectivity index (χ2n) is 7.37. The van der Waals surface area contributed by atoms with Crippen LogP contribution in [0.3, 0.4) is 0 Å². The van der Waals surface area contributed by atoms with Gasteiger partial charge in [-0.15, -0.1) is 0 Å². The molecular weight excluding hydrogens is 326 g/mol. The summed E-state index contributed by atoms with van der Waals surface area (Å²) in [6, 6.07) is 6.23. The molecular formula is C18H28BrNO. The maximum Gasteiger partial charge on any atom is 0.0762 e. The fraction of sp³-hybridized carbons (Fsp3) is 0.667. The second-order valence-corrected chi connectivity index (χ2v) is 8.22. The molecule has 0 spiro atoms. The molecule has 118 valence electrons. The van der Waals surface area contributed by atoms with E-state index in [0.29, 0.717) is 5.41 Å². The molecule has 1 aliphatic heterocycles. The first kappa shape index (κ1) is 16.8. The van der Waals surface area contributed by atoms with Crippen LogP contribution in [0.15, 0.2) is 22.7 Å². The number of aliphatic hydroxyl groups excluding tert-OH is 1. The highest BCUT2D eigenvalue weighted by atomic mass is 79.9. The van der Waals surface area contributed by atoms with Crippen molar-refractivity contribution in [3.05, 3.63) is 28.2 Å². The van der Waals surface area contributed by atoms with Crippen molar-refractivity contribution in [2.75, 3.05) is 18.0 Å². The van der Waals surface area contributed by atoms with Crippen LogP contribution in [0.25, 0.3) is 0 Å². The van der Waals surface area contributed by atoms with Crippen LogP contribution < -0.4 is 4.90 Å². The Balaban J connectivity index is 2.12. The minimum absolute atomic E-state index is 0.406. The van der Waals surface area contributed by atoms with Gasteiger partial charge in [-0.05, 0) is 71.1 Å². The number of benzene rings is 1. The molecule has 0 bridgehead atoms. The molecule has 3 heteroatoms. The van der Waals surface area contributed by atoms with Gasteiger partial charge in [-0.1, -0.05) is 26.8 Å². The number of aliphatic hydroxyl groups is 1. The van der Waals surface area contributed by atoms with Gasteiger partial charge in [0, 0.05) is 17.6 Å². The van der Waals surface area contributed by atoms with Gasteiger partial charge in [0.05, 0.1) is 11.8 Å². The van der Waals surface area contributed by atoms with E-state index in [0.717, 1.165) is 29.0 Å². The molecule has 2 nitrogen and oxygen atoms in total. The smallest absolute Gasteiger partial charge is 0.0762 e. The van der Waals surface area contributed by atoms with E-state index in [2.05, 4.69) is 47.7 Å². The Hall–Kier alpha value is -0.540. The number of nitrogens with zero attached hydrogens (tertiary/aromatic N) is 1. The van der Waals surface area contributed by atoms with Crippen LogP contribution in [-0.2, 0) is 0 Å². The summed E-state index contributed by atoms with van der Waals surface area (Å²) >= 11 is 3.68. The minimum Gasteiger partial charge on any atom is -0.389 e. The largest absolute Gasteiger partial charge is 0.389 e. The number of halogens is 1. The van der Waals surface area contributed by atoms with Gasteiger partial charge in [-0.25, -0.2) is 0 Å². The van der Waals surface area contributed by atoms with Crippen molar-refractivity contribution in [3.63, 3.8) is 0 Å². The van der Waals surface area contributed by atoms with Crippen molar-refractivity contribution in [3.8, 4) is 0 Å². The van der Waals surface area contributed by atoms with Crippen LogP contribution in [0.5, 0.6) is 0 Å². The predicted molar refractivity (Wildman–Crippen MR) is 93.8 cm³/mol. The quantitative estimate of drug-likeness (QED) is 0.793. The Morgan fingerprint density at radius 1 is 1.24 bits per heavy atom. The van der Waals surface area contributed by atoms with Crippen molar-refractivity contribution in [2.24, 2.45) is 11.3 Å². The molecule has 1 heterocycles. The highest BCUT2D eigenvalue weighted by Crippen LogP contribution is 2.37.